The van der Waals surface area contributed by atoms with Crippen LogP contribution in [0.2, 0.25) is 0 Å². The Morgan fingerprint density at radius 1 is 1.44 bits per heavy atom. The first-order chi connectivity index (χ1) is 4.43. The molecule has 4 heteroatoms. The average molecular weight is 161 g/mol. The number of hydrogen-bond acceptors (Lipinski definition) is 3. The van der Waals surface area contributed by atoms with Gasteiger partial charge in [0.1, 0.15) is 5.82 Å². The molecule has 0 aliphatic rings. The summed E-state index contributed by atoms with van der Waals surface area (Å²) in [5.74, 6) is 1.44. The lowest BCUT2D eigenvalue weighted by Crippen LogP contribution is -1.87. The molecule has 0 aromatic carbocycles. The van der Waals surface area contributed by atoms with Crippen LogP contribution in [0.4, 0.5) is 0 Å². The third-order valence-corrected chi connectivity index (χ3v) is 1.50. The van der Waals surface area contributed by atoms with E-state index in [9.17, 15) is 0 Å². The van der Waals surface area contributed by atoms with Gasteiger partial charge in [-0.1, -0.05) is 0 Å². The normalized spacial score (nSPS) is 9.44. The summed E-state index contributed by atoms with van der Waals surface area (Å²) in [4.78, 5) is 7.90. The van der Waals surface area contributed by atoms with Gasteiger partial charge in [-0.3, -0.25) is 0 Å². The molecule has 1 rings (SSSR count). The molecule has 0 amide bonds. The number of aromatic nitrogens is 2. The van der Waals surface area contributed by atoms with Crippen LogP contribution in [0.3, 0.4) is 0 Å². The molecule has 9 heavy (non-hydrogen) atoms. The minimum absolute atomic E-state index is 0.669. The highest BCUT2D eigenvalue weighted by atomic mass is 35.7. The Kier molecular flexibility index (Phi) is 2.80. The van der Waals surface area contributed by atoms with Crippen molar-refractivity contribution in [2.24, 2.45) is 0 Å². The van der Waals surface area contributed by atoms with Gasteiger partial charge in [-0.25, -0.2) is 9.97 Å². The molecule has 0 saturated carbocycles. The summed E-state index contributed by atoms with van der Waals surface area (Å²) in [5, 5.41) is 0. The Bertz CT molecular complexity index is 168. The van der Waals surface area contributed by atoms with Crippen LogP contribution in [0.15, 0.2) is 18.5 Å². The number of rotatable bonds is 2. The van der Waals surface area contributed by atoms with Gasteiger partial charge in [-0.15, -0.1) is 0 Å². The molecule has 0 aliphatic carbocycles. The van der Waals surface area contributed by atoms with Crippen molar-refractivity contribution >= 4 is 21.7 Å². The third-order valence-electron chi connectivity index (χ3n) is 0.803. The van der Waals surface area contributed by atoms with Crippen LogP contribution in [-0.4, -0.2) is 9.97 Å². The zero-order valence-corrected chi connectivity index (χ0v) is 6.19. The maximum atomic E-state index is 5.37. The minimum atomic E-state index is 0.669. The molecule has 0 aliphatic heterocycles. The lowest BCUT2D eigenvalue weighted by Gasteiger charge is -1.90. The lowest BCUT2D eigenvalue weighted by atomic mass is 10.6. The largest absolute Gasteiger partial charge is 0.240 e. The van der Waals surface area contributed by atoms with Crippen molar-refractivity contribution in [3.63, 3.8) is 0 Å². The highest BCUT2D eigenvalue weighted by Crippen LogP contribution is 2.10. The first-order valence-electron chi connectivity index (χ1n) is 2.43. The molecule has 2 nitrogen and oxygen atoms in total. The summed E-state index contributed by atoms with van der Waals surface area (Å²) in [6.07, 6.45) is 3.41. The number of nitrogens with zero attached hydrogens (tertiary/aromatic N) is 2. The summed E-state index contributed by atoms with van der Waals surface area (Å²) < 4.78 is 0. The summed E-state index contributed by atoms with van der Waals surface area (Å²) in [5.41, 5.74) is 0. The Balaban J connectivity index is 2.61. The van der Waals surface area contributed by atoms with Crippen molar-refractivity contribution < 1.29 is 0 Å². The second-order valence-corrected chi connectivity index (χ2v) is 2.58. The van der Waals surface area contributed by atoms with Crippen molar-refractivity contribution in [2.45, 2.75) is 5.75 Å². The summed E-state index contributed by atoms with van der Waals surface area (Å²) in [6.45, 7) is 0. The monoisotopic (exact) mass is 160 g/mol. The fourth-order valence-electron chi connectivity index (χ4n) is 0.453. The average Bonchev–Trinajstić information content (AvgIpc) is 1.91. The molecule has 0 N–H and O–H groups in total. The Morgan fingerprint density at radius 2 is 2.11 bits per heavy atom. The second-order valence-electron chi connectivity index (χ2n) is 1.42. The first-order valence-corrected chi connectivity index (χ1v) is 4.24. The zero-order chi connectivity index (χ0) is 6.53. The van der Waals surface area contributed by atoms with Gasteiger partial charge in [-0.2, -0.15) is 0 Å². The van der Waals surface area contributed by atoms with E-state index in [-0.39, 0.29) is 0 Å². The number of halogens is 1. The Labute approximate surface area is 62.2 Å². The maximum Gasteiger partial charge on any atom is 0.139 e. The van der Waals surface area contributed by atoms with Crippen molar-refractivity contribution in [2.75, 3.05) is 0 Å². The van der Waals surface area contributed by atoms with Crippen LogP contribution in [0.5, 0.6) is 0 Å². The molecule has 1 aromatic rings. The van der Waals surface area contributed by atoms with Gasteiger partial charge in [0, 0.05) is 12.4 Å². The summed E-state index contributed by atoms with van der Waals surface area (Å²) >= 11 is 0. The first kappa shape index (κ1) is 6.83. The van der Waals surface area contributed by atoms with Crippen molar-refractivity contribution in [3.8, 4) is 0 Å². The molecule has 0 unspecified atom stereocenters. The topological polar surface area (TPSA) is 25.8 Å². The lowest BCUT2D eigenvalue weighted by molar-refractivity contribution is 1.04. The molecular weight excluding hydrogens is 156 g/mol. The van der Waals surface area contributed by atoms with Gasteiger partial charge >= 0.3 is 0 Å². The van der Waals surface area contributed by atoms with E-state index in [1.54, 1.807) is 18.5 Å². The van der Waals surface area contributed by atoms with E-state index >= 15 is 0 Å². The zero-order valence-electron chi connectivity index (χ0n) is 4.62. The molecule has 0 atom stereocenters. The molecule has 0 saturated heterocycles. The standard InChI is InChI=1S/C5H5ClN2S/c6-9-4-5-7-2-1-3-8-5/h1-3H,4H2. The van der Waals surface area contributed by atoms with Gasteiger partial charge in [0.15, 0.2) is 0 Å². The van der Waals surface area contributed by atoms with E-state index in [0.29, 0.717) is 5.75 Å². The van der Waals surface area contributed by atoms with E-state index in [1.807, 2.05) is 0 Å². The van der Waals surface area contributed by atoms with Gasteiger partial charge < -0.3 is 0 Å². The molecule has 1 heterocycles. The van der Waals surface area contributed by atoms with E-state index in [0.717, 1.165) is 5.82 Å². The van der Waals surface area contributed by atoms with Crippen LogP contribution in [0.25, 0.3) is 0 Å². The predicted octanol–water partition coefficient (Wildman–Crippen LogP) is 1.86. The molecule has 0 spiro atoms. The van der Waals surface area contributed by atoms with E-state index < -0.39 is 0 Å². The Hall–Kier alpha value is -0.280. The van der Waals surface area contributed by atoms with Crippen LogP contribution in [0, 0.1) is 0 Å². The SMILES string of the molecule is ClSCc1ncccn1. The highest BCUT2D eigenvalue weighted by molar-refractivity contribution is 8.20. The summed E-state index contributed by atoms with van der Waals surface area (Å²) in [6, 6.07) is 1.78. The summed E-state index contributed by atoms with van der Waals surface area (Å²) in [7, 11) is 6.57. The Morgan fingerprint density at radius 3 is 2.67 bits per heavy atom. The molecule has 1 aromatic heterocycles. The molecule has 0 bridgehead atoms. The fourth-order valence-corrected chi connectivity index (χ4v) is 0.993. The minimum Gasteiger partial charge on any atom is -0.240 e. The maximum absolute atomic E-state index is 5.37. The van der Waals surface area contributed by atoms with E-state index in [1.165, 1.54) is 11.0 Å². The van der Waals surface area contributed by atoms with Gasteiger partial charge in [0.2, 0.25) is 0 Å². The van der Waals surface area contributed by atoms with Crippen LogP contribution < -0.4 is 0 Å². The smallest absolute Gasteiger partial charge is 0.139 e. The third kappa shape index (κ3) is 2.20. The van der Waals surface area contributed by atoms with Crippen molar-refractivity contribution in [1.82, 2.24) is 9.97 Å². The van der Waals surface area contributed by atoms with Crippen LogP contribution in [0.1, 0.15) is 5.82 Å². The number of hydrogen-bond donors (Lipinski definition) is 0. The second kappa shape index (κ2) is 3.69. The molecule has 48 valence electrons. The van der Waals surface area contributed by atoms with Gasteiger partial charge in [0.25, 0.3) is 0 Å². The van der Waals surface area contributed by atoms with Crippen molar-refractivity contribution in [3.05, 3.63) is 24.3 Å². The van der Waals surface area contributed by atoms with Crippen molar-refractivity contribution in [1.29, 1.82) is 0 Å². The quantitative estimate of drug-likeness (QED) is 0.661. The van der Waals surface area contributed by atoms with E-state index in [2.05, 4.69) is 9.97 Å². The fraction of sp³-hybridized carbons (Fsp3) is 0.200. The van der Waals surface area contributed by atoms with Crippen LogP contribution >= 0.6 is 21.7 Å². The molecule has 0 radical (unpaired) electrons. The van der Waals surface area contributed by atoms with E-state index in [4.69, 9.17) is 10.7 Å². The van der Waals surface area contributed by atoms with Gasteiger partial charge in [-0.05, 0) is 27.7 Å². The van der Waals surface area contributed by atoms with Gasteiger partial charge in [0.05, 0.1) is 5.75 Å². The molecular formula is C5H5ClN2S. The van der Waals surface area contributed by atoms with Crippen LogP contribution in [-0.2, 0) is 5.75 Å². The molecule has 0 fully saturated rings. The highest BCUT2D eigenvalue weighted by Gasteiger charge is 1.89. The predicted molar refractivity (Wildman–Crippen MR) is 39.2 cm³/mol.